The van der Waals surface area contributed by atoms with Crippen molar-refractivity contribution in [2.24, 2.45) is 5.92 Å². The van der Waals surface area contributed by atoms with Crippen LogP contribution in [0.25, 0.3) is 0 Å². The second-order valence-electron chi connectivity index (χ2n) is 5.63. The minimum atomic E-state index is -0.747. The van der Waals surface area contributed by atoms with Gasteiger partial charge in [0.2, 0.25) is 5.91 Å². The molecule has 0 radical (unpaired) electrons. The second-order valence-corrected chi connectivity index (χ2v) is 6.54. The fraction of sp³-hybridized carbons (Fsp3) is 0.500. The highest BCUT2D eigenvalue weighted by Gasteiger charge is 2.31. The Bertz CT molecular complexity index is 532. The highest BCUT2D eigenvalue weighted by Crippen LogP contribution is 2.24. The summed E-state index contributed by atoms with van der Waals surface area (Å²) in [5.41, 5.74) is 1.13. The molecule has 2 atom stereocenters. The zero-order chi connectivity index (χ0) is 15.4. The van der Waals surface area contributed by atoms with Crippen molar-refractivity contribution < 1.29 is 14.7 Å². The Morgan fingerprint density at radius 2 is 2.19 bits per heavy atom. The summed E-state index contributed by atoms with van der Waals surface area (Å²) in [5, 5.41) is 9.05. The normalized spacial score (nSPS) is 22.1. The van der Waals surface area contributed by atoms with Gasteiger partial charge in [0.1, 0.15) is 0 Å². The summed E-state index contributed by atoms with van der Waals surface area (Å²) in [6.45, 7) is 2.49. The third-order valence-corrected chi connectivity index (χ3v) is 4.56. The van der Waals surface area contributed by atoms with Crippen molar-refractivity contribution in [3.63, 3.8) is 0 Å². The van der Waals surface area contributed by atoms with Gasteiger partial charge in [-0.1, -0.05) is 28.1 Å². The van der Waals surface area contributed by atoms with E-state index in [0.717, 1.165) is 10.0 Å². The lowest BCUT2D eigenvalue weighted by molar-refractivity contribution is -0.147. The first-order valence-electron chi connectivity index (χ1n) is 7.24. The number of carbonyl (C=O) groups is 2. The van der Waals surface area contributed by atoms with Crippen LogP contribution in [0.2, 0.25) is 0 Å². The first kappa shape index (κ1) is 16.0. The molecule has 1 amide bonds. The topological polar surface area (TPSA) is 57.6 Å². The lowest BCUT2D eigenvalue weighted by atomic mass is 9.91. The Balaban J connectivity index is 1.88. The Labute approximate surface area is 133 Å². The molecule has 2 rings (SSSR count). The van der Waals surface area contributed by atoms with E-state index in [0.29, 0.717) is 32.2 Å². The summed E-state index contributed by atoms with van der Waals surface area (Å²) in [6.07, 6.45) is 2.29. The van der Waals surface area contributed by atoms with Gasteiger partial charge in [-0.2, -0.15) is 0 Å². The predicted octanol–water partition coefficient (Wildman–Crippen LogP) is 3.09. The van der Waals surface area contributed by atoms with E-state index in [2.05, 4.69) is 15.9 Å². The molecular formula is C16H20BrNO3. The molecule has 1 aromatic carbocycles. The third-order valence-electron chi connectivity index (χ3n) is 4.06. The molecule has 2 unspecified atom stereocenters. The quantitative estimate of drug-likeness (QED) is 0.904. The molecule has 1 heterocycles. The lowest BCUT2D eigenvalue weighted by Crippen LogP contribution is -2.46. The van der Waals surface area contributed by atoms with E-state index in [4.69, 9.17) is 5.11 Å². The zero-order valence-electron chi connectivity index (χ0n) is 12.1. The Morgan fingerprint density at radius 3 is 2.81 bits per heavy atom. The van der Waals surface area contributed by atoms with E-state index in [1.54, 1.807) is 0 Å². The number of likely N-dealkylation sites (tertiary alicyclic amines) is 1. The van der Waals surface area contributed by atoms with Gasteiger partial charge in [-0.15, -0.1) is 0 Å². The van der Waals surface area contributed by atoms with Gasteiger partial charge in [-0.3, -0.25) is 9.59 Å². The first-order chi connectivity index (χ1) is 9.97. The van der Waals surface area contributed by atoms with E-state index in [1.165, 1.54) is 0 Å². The summed E-state index contributed by atoms with van der Waals surface area (Å²) in [5.74, 6) is -0.941. The van der Waals surface area contributed by atoms with Crippen LogP contribution in [-0.2, 0) is 16.0 Å². The molecule has 21 heavy (non-hydrogen) atoms. The van der Waals surface area contributed by atoms with Crippen molar-refractivity contribution in [2.45, 2.75) is 38.6 Å². The van der Waals surface area contributed by atoms with Gasteiger partial charge in [0.05, 0.1) is 5.92 Å². The first-order valence-corrected chi connectivity index (χ1v) is 8.03. The summed E-state index contributed by atoms with van der Waals surface area (Å²) in [4.78, 5) is 25.2. The maximum atomic E-state index is 12.3. The van der Waals surface area contributed by atoms with Gasteiger partial charge in [0.15, 0.2) is 0 Å². The summed E-state index contributed by atoms with van der Waals surface area (Å²) >= 11 is 3.42. The Hall–Kier alpha value is -1.36. The predicted molar refractivity (Wildman–Crippen MR) is 84.0 cm³/mol. The van der Waals surface area contributed by atoms with Crippen molar-refractivity contribution >= 4 is 27.8 Å². The summed E-state index contributed by atoms with van der Waals surface area (Å²) < 4.78 is 1.02. The monoisotopic (exact) mass is 353 g/mol. The number of halogens is 1. The number of aliphatic carboxylic acids is 1. The van der Waals surface area contributed by atoms with Gasteiger partial charge >= 0.3 is 5.97 Å². The van der Waals surface area contributed by atoms with Gasteiger partial charge < -0.3 is 10.0 Å². The maximum Gasteiger partial charge on any atom is 0.306 e. The largest absolute Gasteiger partial charge is 0.481 e. The number of aryl methyl sites for hydroxylation is 1. The van der Waals surface area contributed by atoms with E-state index in [-0.39, 0.29) is 17.9 Å². The van der Waals surface area contributed by atoms with Crippen molar-refractivity contribution in [1.82, 2.24) is 4.90 Å². The van der Waals surface area contributed by atoms with Crippen molar-refractivity contribution in [3.05, 3.63) is 34.3 Å². The SMILES string of the molecule is CC1CC(C(=O)O)CCN1C(=O)CCc1cccc(Br)c1. The molecule has 1 aliphatic heterocycles. The number of rotatable bonds is 4. The molecule has 0 saturated carbocycles. The molecule has 0 bridgehead atoms. The number of hydrogen-bond donors (Lipinski definition) is 1. The Morgan fingerprint density at radius 1 is 1.43 bits per heavy atom. The third kappa shape index (κ3) is 4.30. The Kier molecular flexibility index (Phi) is 5.39. The van der Waals surface area contributed by atoms with Crippen LogP contribution in [0.1, 0.15) is 31.7 Å². The van der Waals surface area contributed by atoms with Gasteiger partial charge in [-0.05, 0) is 43.9 Å². The summed E-state index contributed by atoms with van der Waals surface area (Å²) in [6, 6.07) is 7.97. The molecule has 0 aromatic heterocycles. The number of piperidine rings is 1. The lowest BCUT2D eigenvalue weighted by Gasteiger charge is -2.36. The smallest absolute Gasteiger partial charge is 0.306 e. The molecule has 1 fully saturated rings. The van der Waals surface area contributed by atoms with Crippen molar-refractivity contribution in [2.75, 3.05) is 6.54 Å². The minimum absolute atomic E-state index is 0.00913. The van der Waals surface area contributed by atoms with Crippen LogP contribution in [0.3, 0.4) is 0 Å². The molecular weight excluding hydrogens is 334 g/mol. The van der Waals surface area contributed by atoms with E-state index < -0.39 is 5.97 Å². The highest BCUT2D eigenvalue weighted by atomic mass is 79.9. The molecule has 1 N–H and O–H groups in total. The molecule has 1 saturated heterocycles. The number of nitrogens with zero attached hydrogens (tertiary/aromatic N) is 1. The molecule has 1 aromatic rings. The fourth-order valence-corrected chi connectivity index (χ4v) is 3.30. The summed E-state index contributed by atoms with van der Waals surface area (Å²) in [7, 11) is 0. The second kappa shape index (κ2) is 7.07. The van der Waals surface area contributed by atoms with Crippen molar-refractivity contribution in [3.8, 4) is 0 Å². The van der Waals surface area contributed by atoms with Crippen LogP contribution in [0.15, 0.2) is 28.7 Å². The average Bonchev–Trinajstić information content (AvgIpc) is 2.44. The number of carboxylic acids is 1. The number of carboxylic acid groups (broad SMARTS) is 1. The van der Waals surface area contributed by atoms with E-state index in [1.807, 2.05) is 36.1 Å². The molecule has 5 heteroatoms. The standard InChI is InChI=1S/C16H20BrNO3/c1-11-9-13(16(20)21)7-8-18(11)15(19)6-5-12-3-2-4-14(17)10-12/h2-4,10-11,13H,5-9H2,1H3,(H,20,21). The minimum Gasteiger partial charge on any atom is -0.481 e. The van der Waals surface area contributed by atoms with Gasteiger partial charge in [0, 0.05) is 23.5 Å². The molecule has 114 valence electrons. The molecule has 0 aliphatic carbocycles. The fourth-order valence-electron chi connectivity index (χ4n) is 2.85. The van der Waals surface area contributed by atoms with Crippen LogP contribution in [0.5, 0.6) is 0 Å². The number of carbonyl (C=O) groups excluding carboxylic acids is 1. The van der Waals surface area contributed by atoms with Gasteiger partial charge in [0.25, 0.3) is 0 Å². The van der Waals surface area contributed by atoms with E-state index in [9.17, 15) is 9.59 Å². The zero-order valence-corrected chi connectivity index (χ0v) is 13.7. The van der Waals surface area contributed by atoms with Crippen molar-refractivity contribution in [1.29, 1.82) is 0 Å². The number of amides is 1. The molecule has 4 nitrogen and oxygen atoms in total. The van der Waals surface area contributed by atoms with Crippen LogP contribution in [0, 0.1) is 5.92 Å². The van der Waals surface area contributed by atoms with E-state index >= 15 is 0 Å². The van der Waals surface area contributed by atoms with Crippen LogP contribution >= 0.6 is 15.9 Å². The van der Waals surface area contributed by atoms with Crippen LogP contribution in [0.4, 0.5) is 0 Å². The number of hydrogen-bond acceptors (Lipinski definition) is 2. The number of benzene rings is 1. The van der Waals surface area contributed by atoms with Gasteiger partial charge in [-0.25, -0.2) is 0 Å². The average molecular weight is 354 g/mol. The van der Waals surface area contributed by atoms with Crippen LogP contribution < -0.4 is 0 Å². The highest BCUT2D eigenvalue weighted by molar-refractivity contribution is 9.10. The molecule has 1 aliphatic rings. The maximum absolute atomic E-state index is 12.3. The molecule has 0 spiro atoms. The van der Waals surface area contributed by atoms with Crippen LogP contribution in [-0.4, -0.2) is 34.5 Å².